The lowest BCUT2D eigenvalue weighted by Crippen LogP contribution is -2.38. The molecule has 4 nitrogen and oxygen atoms in total. The maximum Gasteiger partial charge on any atom is 0.317 e. The molecule has 0 spiro atoms. The van der Waals surface area contributed by atoms with Crippen LogP contribution in [0.1, 0.15) is 13.3 Å². The SMILES string of the molecule is CCN(C)C(=O)NCCCN(C)c1ccccc1. The molecular weight excluding hydrogens is 226 g/mol. The van der Waals surface area contributed by atoms with Crippen molar-refractivity contribution in [1.29, 1.82) is 0 Å². The highest BCUT2D eigenvalue weighted by atomic mass is 16.2. The van der Waals surface area contributed by atoms with Gasteiger partial charge in [-0.15, -0.1) is 0 Å². The van der Waals surface area contributed by atoms with Crippen LogP contribution in [-0.4, -0.2) is 44.7 Å². The summed E-state index contributed by atoms with van der Waals surface area (Å²) in [4.78, 5) is 15.3. The van der Waals surface area contributed by atoms with Gasteiger partial charge >= 0.3 is 6.03 Å². The van der Waals surface area contributed by atoms with Crippen molar-refractivity contribution in [2.24, 2.45) is 0 Å². The number of carbonyl (C=O) groups is 1. The average molecular weight is 249 g/mol. The van der Waals surface area contributed by atoms with Gasteiger partial charge in [0.15, 0.2) is 0 Å². The molecule has 0 bridgehead atoms. The molecular formula is C14H23N3O. The Morgan fingerprint density at radius 1 is 1.22 bits per heavy atom. The third-order valence-electron chi connectivity index (χ3n) is 2.96. The molecule has 0 aliphatic heterocycles. The number of amides is 2. The van der Waals surface area contributed by atoms with Crippen LogP contribution in [0, 0.1) is 0 Å². The van der Waals surface area contributed by atoms with Gasteiger partial charge in [-0.05, 0) is 25.5 Å². The Morgan fingerprint density at radius 3 is 2.50 bits per heavy atom. The molecule has 18 heavy (non-hydrogen) atoms. The minimum Gasteiger partial charge on any atom is -0.375 e. The fraction of sp³-hybridized carbons (Fsp3) is 0.500. The Morgan fingerprint density at radius 2 is 1.89 bits per heavy atom. The molecule has 4 heteroatoms. The number of urea groups is 1. The molecule has 0 unspecified atom stereocenters. The third-order valence-corrected chi connectivity index (χ3v) is 2.96. The quantitative estimate of drug-likeness (QED) is 0.784. The molecule has 0 aliphatic rings. The predicted molar refractivity (Wildman–Crippen MR) is 76.0 cm³/mol. The Hall–Kier alpha value is -1.71. The van der Waals surface area contributed by atoms with Crippen molar-refractivity contribution in [3.63, 3.8) is 0 Å². The van der Waals surface area contributed by atoms with Crippen molar-refractivity contribution in [2.45, 2.75) is 13.3 Å². The van der Waals surface area contributed by atoms with E-state index < -0.39 is 0 Å². The number of hydrogen-bond acceptors (Lipinski definition) is 2. The third kappa shape index (κ3) is 4.65. The van der Waals surface area contributed by atoms with Crippen LogP contribution in [0.25, 0.3) is 0 Å². The van der Waals surface area contributed by atoms with E-state index in [9.17, 15) is 4.79 Å². The van der Waals surface area contributed by atoms with Crippen LogP contribution in [0.3, 0.4) is 0 Å². The first kappa shape index (κ1) is 14.4. The number of nitrogens with one attached hydrogen (secondary N) is 1. The number of rotatable bonds is 6. The Bertz CT molecular complexity index is 353. The normalized spacial score (nSPS) is 9.94. The summed E-state index contributed by atoms with van der Waals surface area (Å²) in [6, 6.07) is 10.2. The van der Waals surface area contributed by atoms with E-state index in [0.717, 1.165) is 19.5 Å². The van der Waals surface area contributed by atoms with E-state index in [1.807, 2.05) is 25.1 Å². The van der Waals surface area contributed by atoms with Crippen molar-refractivity contribution in [3.8, 4) is 0 Å². The Balaban J connectivity index is 2.20. The van der Waals surface area contributed by atoms with Gasteiger partial charge in [-0.25, -0.2) is 4.79 Å². The second-order valence-corrected chi connectivity index (χ2v) is 4.36. The van der Waals surface area contributed by atoms with Gasteiger partial charge in [0.05, 0.1) is 0 Å². The van der Waals surface area contributed by atoms with E-state index in [1.54, 1.807) is 11.9 Å². The summed E-state index contributed by atoms with van der Waals surface area (Å²) in [5, 5.41) is 2.90. The monoisotopic (exact) mass is 249 g/mol. The molecule has 1 aromatic carbocycles. The van der Waals surface area contributed by atoms with Crippen molar-refractivity contribution in [1.82, 2.24) is 10.2 Å². The van der Waals surface area contributed by atoms with Crippen LogP contribution in [-0.2, 0) is 0 Å². The zero-order valence-electron chi connectivity index (χ0n) is 11.5. The second-order valence-electron chi connectivity index (χ2n) is 4.36. The van der Waals surface area contributed by atoms with Gasteiger partial charge in [0.1, 0.15) is 0 Å². The molecule has 0 aromatic heterocycles. The highest BCUT2D eigenvalue weighted by Gasteiger charge is 2.04. The van der Waals surface area contributed by atoms with Gasteiger partial charge in [0, 0.05) is 39.4 Å². The first-order valence-electron chi connectivity index (χ1n) is 6.40. The van der Waals surface area contributed by atoms with Crippen molar-refractivity contribution >= 4 is 11.7 Å². The minimum absolute atomic E-state index is 0.000126. The molecule has 0 fully saturated rings. The lowest BCUT2D eigenvalue weighted by atomic mass is 10.3. The lowest BCUT2D eigenvalue weighted by Gasteiger charge is -2.20. The summed E-state index contributed by atoms with van der Waals surface area (Å²) in [5.74, 6) is 0. The second kappa shape index (κ2) is 7.58. The molecule has 0 heterocycles. The largest absolute Gasteiger partial charge is 0.375 e. The van der Waals surface area contributed by atoms with E-state index in [4.69, 9.17) is 0 Å². The molecule has 0 saturated heterocycles. The number of para-hydroxylation sites is 1. The van der Waals surface area contributed by atoms with E-state index in [2.05, 4.69) is 29.4 Å². The zero-order valence-corrected chi connectivity index (χ0v) is 11.5. The molecule has 0 saturated carbocycles. The summed E-state index contributed by atoms with van der Waals surface area (Å²) in [7, 11) is 3.86. The van der Waals surface area contributed by atoms with E-state index >= 15 is 0 Å². The van der Waals surface area contributed by atoms with Crippen LogP contribution in [0.15, 0.2) is 30.3 Å². The van der Waals surface area contributed by atoms with E-state index in [-0.39, 0.29) is 6.03 Å². The summed E-state index contributed by atoms with van der Waals surface area (Å²) >= 11 is 0. The summed E-state index contributed by atoms with van der Waals surface area (Å²) in [6.07, 6.45) is 0.939. The Kier molecular flexibility index (Phi) is 6.05. The van der Waals surface area contributed by atoms with Crippen LogP contribution in [0.5, 0.6) is 0 Å². The fourth-order valence-corrected chi connectivity index (χ4v) is 1.60. The molecule has 1 aromatic rings. The van der Waals surface area contributed by atoms with Crippen LogP contribution in [0.4, 0.5) is 10.5 Å². The number of benzene rings is 1. The number of nitrogens with zero attached hydrogens (tertiary/aromatic N) is 2. The van der Waals surface area contributed by atoms with Gasteiger partial charge in [0.25, 0.3) is 0 Å². The summed E-state index contributed by atoms with van der Waals surface area (Å²) < 4.78 is 0. The maximum atomic E-state index is 11.5. The molecule has 1 N–H and O–H groups in total. The molecule has 0 radical (unpaired) electrons. The van der Waals surface area contributed by atoms with Crippen LogP contribution in [0.2, 0.25) is 0 Å². The molecule has 100 valence electrons. The maximum absolute atomic E-state index is 11.5. The molecule has 0 aliphatic carbocycles. The predicted octanol–water partition coefficient (Wildman–Crippen LogP) is 2.17. The first-order valence-corrected chi connectivity index (χ1v) is 6.40. The molecule has 1 rings (SSSR count). The Labute approximate surface area is 110 Å². The van der Waals surface area contributed by atoms with Gasteiger partial charge < -0.3 is 15.1 Å². The summed E-state index contributed by atoms with van der Waals surface area (Å²) in [6.45, 7) is 4.33. The number of anilines is 1. The van der Waals surface area contributed by atoms with E-state index in [1.165, 1.54) is 5.69 Å². The highest BCUT2D eigenvalue weighted by Crippen LogP contribution is 2.10. The average Bonchev–Trinajstić information content (AvgIpc) is 2.43. The van der Waals surface area contributed by atoms with Crippen molar-refractivity contribution in [2.75, 3.05) is 38.6 Å². The zero-order chi connectivity index (χ0) is 13.4. The van der Waals surface area contributed by atoms with Gasteiger partial charge in [-0.3, -0.25) is 0 Å². The van der Waals surface area contributed by atoms with E-state index in [0.29, 0.717) is 6.54 Å². The van der Waals surface area contributed by atoms with Gasteiger partial charge in [-0.1, -0.05) is 18.2 Å². The summed E-state index contributed by atoms with van der Waals surface area (Å²) in [5.41, 5.74) is 1.20. The van der Waals surface area contributed by atoms with Crippen molar-refractivity contribution < 1.29 is 4.79 Å². The first-order chi connectivity index (χ1) is 8.65. The molecule has 2 amide bonds. The standard InChI is InChI=1S/C14H23N3O/c1-4-16(2)14(18)15-11-8-12-17(3)13-9-6-5-7-10-13/h5-7,9-10H,4,8,11-12H2,1-3H3,(H,15,18). The van der Waals surface area contributed by atoms with Crippen LogP contribution >= 0.6 is 0 Å². The van der Waals surface area contributed by atoms with Crippen LogP contribution < -0.4 is 10.2 Å². The minimum atomic E-state index is -0.000126. The number of hydrogen-bond donors (Lipinski definition) is 1. The smallest absolute Gasteiger partial charge is 0.317 e. The highest BCUT2D eigenvalue weighted by molar-refractivity contribution is 5.73. The topological polar surface area (TPSA) is 35.6 Å². The van der Waals surface area contributed by atoms with Crippen molar-refractivity contribution in [3.05, 3.63) is 30.3 Å². The fourth-order valence-electron chi connectivity index (χ4n) is 1.60. The van der Waals surface area contributed by atoms with Gasteiger partial charge in [-0.2, -0.15) is 0 Å². The molecule has 0 atom stereocenters. The number of carbonyl (C=O) groups excluding carboxylic acids is 1. The van der Waals surface area contributed by atoms with Gasteiger partial charge in [0.2, 0.25) is 0 Å². The lowest BCUT2D eigenvalue weighted by molar-refractivity contribution is 0.211.